The predicted octanol–water partition coefficient (Wildman–Crippen LogP) is 4.28. The van der Waals surface area contributed by atoms with E-state index in [1.165, 1.54) is 18.3 Å². The van der Waals surface area contributed by atoms with Crippen LogP contribution in [-0.2, 0) is 10.2 Å². The van der Waals surface area contributed by atoms with Crippen molar-refractivity contribution in [1.82, 2.24) is 15.3 Å². The summed E-state index contributed by atoms with van der Waals surface area (Å²) < 4.78 is 33.4. The van der Waals surface area contributed by atoms with E-state index in [2.05, 4.69) is 20.6 Å². The molecule has 5 rings (SSSR count). The number of anilines is 1. The van der Waals surface area contributed by atoms with Crippen molar-refractivity contribution in [3.63, 3.8) is 0 Å². The average molecular weight is 465 g/mol. The van der Waals surface area contributed by atoms with Gasteiger partial charge in [-0.2, -0.15) is 0 Å². The molecule has 0 radical (unpaired) electrons. The Balaban J connectivity index is 1.26. The predicted molar refractivity (Wildman–Crippen MR) is 125 cm³/mol. The zero-order valence-electron chi connectivity index (χ0n) is 18.6. The minimum Gasteiger partial charge on any atom is -0.383 e. The number of alkyl halides is 1. The number of carbonyl (C=O) groups excluding carboxylic acids is 1. The number of amides is 1. The monoisotopic (exact) mass is 464 g/mol. The number of hydrogen-bond acceptors (Lipinski definition) is 5. The molecule has 3 heterocycles. The van der Waals surface area contributed by atoms with Crippen LogP contribution in [-0.4, -0.2) is 47.8 Å². The molecule has 2 aliphatic rings. The summed E-state index contributed by atoms with van der Waals surface area (Å²) in [7, 11) is 0. The van der Waals surface area contributed by atoms with Crippen LogP contribution in [0.25, 0.3) is 11.3 Å². The van der Waals surface area contributed by atoms with Gasteiger partial charge in [-0.3, -0.25) is 14.8 Å². The molecular formula is C26H26F2N4O2. The zero-order chi connectivity index (χ0) is 23.5. The van der Waals surface area contributed by atoms with Gasteiger partial charge in [0.25, 0.3) is 5.91 Å². The molecule has 1 saturated carbocycles. The van der Waals surface area contributed by atoms with E-state index in [9.17, 15) is 13.6 Å². The Labute approximate surface area is 196 Å². The van der Waals surface area contributed by atoms with E-state index in [4.69, 9.17) is 4.74 Å². The number of rotatable bonds is 7. The average Bonchev–Trinajstić information content (AvgIpc) is 3.35. The summed E-state index contributed by atoms with van der Waals surface area (Å²) in [6.07, 6.45) is 3.57. The summed E-state index contributed by atoms with van der Waals surface area (Å²) in [5.74, 6) is -0.539. The van der Waals surface area contributed by atoms with Crippen molar-refractivity contribution in [1.29, 1.82) is 0 Å². The number of carbonyl (C=O) groups is 1. The van der Waals surface area contributed by atoms with E-state index in [0.717, 1.165) is 23.4 Å². The summed E-state index contributed by atoms with van der Waals surface area (Å²) in [6, 6.07) is 14.0. The van der Waals surface area contributed by atoms with Gasteiger partial charge in [-0.15, -0.1) is 0 Å². The first kappa shape index (κ1) is 22.4. The molecule has 8 heteroatoms. The van der Waals surface area contributed by atoms with Crippen LogP contribution in [0, 0.1) is 5.82 Å². The number of pyridine rings is 2. The molecule has 3 aromatic rings. The van der Waals surface area contributed by atoms with Gasteiger partial charge in [0, 0.05) is 35.9 Å². The van der Waals surface area contributed by atoms with Crippen molar-refractivity contribution in [3.05, 3.63) is 78.0 Å². The SMILES string of the molecule is O=C(NC1CCOC1)c1cccc(-c2ccc(NCC3(c4ncccc4F)CC(F)C3)cn2)c1. The second kappa shape index (κ2) is 9.46. The highest BCUT2D eigenvalue weighted by Gasteiger charge is 2.48. The summed E-state index contributed by atoms with van der Waals surface area (Å²) in [5.41, 5.74) is 2.50. The molecule has 2 fully saturated rings. The van der Waals surface area contributed by atoms with E-state index < -0.39 is 17.4 Å². The van der Waals surface area contributed by atoms with Crippen LogP contribution in [0.4, 0.5) is 14.5 Å². The molecule has 1 aliphatic carbocycles. The van der Waals surface area contributed by atoms with Crippen LogP contribution in [0.15, 0.2) is 60.9 Å². The minimum absolute atomic E-state index is 0.0471. The number of ether oxygens (including phenoxy) is 1. The molecule has 1 aliphatic heterocycles. The molecule has 0 spiro atoms. The van der Waals surface area contributed by atoms with E-state index in [0.29, 0.717) is 31.0 Å². The molecule has 1 atom stereocenters. The van der Waals surface area contributed by atoms with Crippen LogP contribution in [0.3, 0.4) is 0 Å². The quantitative estimate of drug-likeness (QED) is 0.546. The van der Waals surface area contributed by atoms with Crippen molar-refractivity contribution < 1.29 is 18.3 Å². The molecule has 1 unspecified atom stereocenters. The number of aromatic nitrogens is 2. The Hall–Kier alpha value is -3.39. The van der Waals surface area contributed by atoms with Gasteiger partial charge < -0.3 is 15.4 Å². The first-order valence-electron chi connectivity index (χ1n) is 11.5. The molecule has 176 valence electrons. The van der Waals surface area contributed by atoms with E-state index in [1.54, 1.807) is 12.3 Å². The zero-order valence-corrected chi connectivity index (χ0v) is 18.6. The topological polar surface area (TPSA) is 76.1 Å². The lowest BCUT2D eigenvalue weighted by atomic mass is 9.65. The number of halogens is 2. The Kier molecular flexibility index (Phi) is 6.24. The van der Waals surface area contributed by atoms with Gasteiger partial charge in [-0.05, 0) is 55.7 Å². The Morgan fingerprint density at radius 1 is 1.15 bits per heavy atom. The van der Waals surface area contributed by atoms with Gasteiger partial charge in [0.1, 0.15) is 12.0 Å². The summed E-state index contributed by atoms with van der Waals surface area (Å²) in [5, 5.41) is 6.26. The number of benzene rings is 1. The highest BCUT2D eigenvalue weighted by Crippen LogP contribution is 2.45. The van der Waals surface area contributed by atoms with Gasteiger partial charge in [-0.25, -0.2) is 8.78 Å². The largest absolute Gasteiger partial charge is 0.383 e. The molecule has 1 aromatic carbocycles. The Morgan fingerprint density at radius 2 is 2.03 bits per heavy atom. The van der Waals surface area contributed by atoms with Crippen molar-refractivity contribution in [2.45, 2.75) is 36.9 Å². The third-order valence-electron chi connectivity index (χ3n) is 6.57. The van der Waals surface area contributed by atoms with Crippen molar-refractivity contribution in [2.75, 3.05) is 25.1 Å². The van der Waals surface area contributed by atoms with E-state index in [1.807, 2.05) is 30.3 Å². The standard InChI is InChI=1S/C26H26F2N4O2/c27-19-12-26(13-19,24-22(28)5-2-9-29-24)16-31-20-6-7-23(30-14-20)17-3-1-4-18(11-17)25(33)32-21-8-10-34-15-21/h1-7,9,11,14,19,21,31H,8,10,12-13,15-16H2,(H,32,33). The first-order valence-corrected chi connectivity index (χ1v) is 11.5. The van der Waals surface area contributed by atoms with Crippen molar-refractivity contribution in [3.8, 4) is 11.3 Å². The van der Waals surface area contributed by atoms with Crippen LogP contribution >= 0.6 is 0 Å². The lowest BCUT2D eigenvalue weighted by Crippen LogP contribution is -2.48. The van der Waals surface area contributed by atoms with Gasteiger partial charge in [0.05, 0.1) is 35.9 Å². The Morgan fingerprint density at radius 3 is 2.74 bits per heavy atom. The maximum Gasteiger partial charge on any atom is 0.251 e. The van der Waals surface area contributed by atoms with E-state index >= 15 is 0 Å². The molecule has 2 N–H and O–H groups in total. The number of hydrogen-bond donors (Lipinski definition) is 2. The third kappa shape index (κ3) is 4.63. The minimum atomic E-state index is -0.950. The molecule has 0 bridgehead atoms. The lowest BCUT2D eigenvalue weighted by Gasteiger charge is -2.44. The second-order valence-electron chi connectivity index (χ2n) is 9.02. The highest BCUT2D eigenvalue weighted by atomic mass is 19.1. The number of nitrogens with one attached hydrogen (secondary N) is 2. The fourth-order valence-corrected chi connectivity index (χ4v) is 4.66. The third-order valence-corrected chi connectivity index (χ3v) is 6.57. The van der Waals surface area contributed by atoms with Crippen LogP contribution in [0.5, 0.6) is 0 Å². The Bertz CT molecular complexity index is 1160. The molecular weight excluding hydrogens is 438 g/mol. The van der Waals surface area contributed by atoms with Crippen LogP contribution in [0.1, 0.15) is 35.3 Å². The smallest absolute Gasteiger partial charge is 0.251 e. The van der Waals surface area contributed by atoms with Crippen LogP contribution in [0.2, 0.25) is 0 Å². The van der Waals surface area contributed by atoms with E-state index in [-0.39, 0.29) is 24.8 Å². The maximum atomic E-state index is 14.3. The maximum absolute atomic E-state index is 14.3. The van der Waals surface area contributed by atoms with Gasteiger partial charge in [0.2, 0.25) is 0 Å². The molecule has 1 amide bonds. The van der Waals surface area contributed by atoms with Crippen LogP contribution < -0.4 is 10.6 Å². The fourth-order valence-electron chi connectivity index (χ4n) is 4.66. The fraction of sp³-hybridized carbons (Fsp3) is 0.346. The van der Waals surface area contributed by atoms with Crippen molar-refractivity contribution in [2.24, 2.45) is 0 Å². The normalized spacial score (nSPS) is 23.8. The molecule has 6 nitrogen and oxygen atoms in total. The van der Waals surface area contributed by atoms with Gasteiger partial charge in [-0.1, -0.05) is 12.1 Å². The first-order chi connectivity index (χ1) is 16.5. The summed E-state index contributed by atoms with van der Waals surface area (Å²) >= 11 is 0. The lowest BCUT2D eigenvalue weighted by molar-refractivity contribution is 0.0929. The van der Waals surface area contributed by atoms with Gasteiger partial charge >= 0.3 is 0 Å². The molecule has 2 aromatic heterocycles. The summed E-state index contributed by atoms with van der Waals surface area (Å²) in [6.45, 7) is 1.58. The highest BCUT2D eigenvalue weighted by molar-refractivity contribution is 5.95. The number of nitrogens with zero attached hydrogens (tertiary/aromatic N) is 2. The molecule has 34 heavy (non-hydrogen) atoms. The second-order valence-corrected chi connectivity index (χ2v) is 9.02. The summed E-state index contributed by atoms with van der Waals surface area (Å²) in [4.78, 5) is 21.3. The molecule has 1 saturated heterocycles. The van der Waals surface area contributed by atoms with Crippen molar-refractivity contribution >= 4 is 11.6 Å². The van der Waals surface area contributed by atoms with Gasteiger partial charge in [0.15, 0.2) is 0 Å².